The monoisotopic (exact) mass is 504 g/mol. The highest BCUT2D eigenvalue weighted by atomic mass is 35.5. The second-order valence-electron chi connectivity index (χ2n) is 9.87. The molecule has 4 aromatic carbocycles. The maximum Gasteiger partial charge on any atom is 0.119 e. The van der Waals surface area contributed by atoms with Crippen molar-refractivity contribution in [3.63, 3.8) is 0 Å². The molecule has 0 fully saturated rings. The molecular weight excluding hydrogens is 476 g/mol. The van der Waals surface area contributed by atoms with E-state index in [4.69, 9.17) is 21.3 Å². The van der Waals surface area contributed by atoms with Crippen LogP contribution in [0.1, 0.15) is 46.2 Å². The topological polar surface area (TPSA) is 33.6 Å². The fourth-order valence-electron chi connectivity index (χ4n) is 5.39. The number of halogens is 1. The van der Waals surface area contributed by atoms with Crippen LogP contribution in [-0.2, 0) is 6.61 Å². The molecule has 4 aromatic rings. The summed E-state index contributed by atoms with van der Waals surface area (Å²) in [6.07, 6.45) is 7.73. The number of aliphatic imine (C=N–C) groups is 1. The van der Waals surface area contributed by atoms with E-state index in [-0.39, 0.29) is 0 Å². The van der Waals surface area contributed by atoms with Crippen LogP contribution in [-0.4, -0.2) is 6.21 Å². The second-order valence-corrected chi connectivity index (χ2v) is 10.3. The van der Waals surface area contributed by atoms with Gasteiger partial charge in [0, 0.05) is 28.4 Å². The molecule has 3 atom stereocenters. The van der Waals surface area contributed by atoms with E-state index in [0.717, 1.165) is 34.0 Å². The molecule has 0 saturated heterocycles. The van der Waals surface area contributed by atoms with Crippen molar-refractivity contribution in [3.8, 4) is 5.75 Å². The van der Waals surface area contributed by atoms with Gasteiger partial charge in [-0.25, -0.2) is 0 Å². The Morgan fingerprint density at radius 1 is 0.973 bits per heavy atom. The molecule has 1 aliphatic carbocycles. The molecule has 1 heterocycles. The predicted molar refractivity (Wildman–Crippen MR) is 153 cm³/mol. The van der Waals surface area contributed by atoms with Gasteiger partial charge in [-0.05, 0) is 84.5 Å². The number of ether oxygens (including phenoxy) is 1. The summed E-state index contributed by atoms with van der Waals surface area (Å²) in [5.74, 6) is 1.83. The van der Waals surface area contributed by atoms with Gasteiger partial charge < -0.3 is 10.1 Å². The van der Waals surface area contributed by atoms with Crippen molar-refractivity contribution in [2.45, 2.75) is 31.9 Å². The molecule has 37 heavy (non-hydrogen) atoms. The summed E-state index contributed by atoms with van der Waals surface area (Å²) in [6, 6.07) is 31.4. The quantitative estimate of drug-likeness (QED) is 0.210. The Bertz CT molecular complexity index is 1460. The molecule has 0 spiro atoms. The molecule has 1 aliphatic heterocycles. The predicted octanol–water partition coefficient (Wildman–Crippen LogP) is 8.80. The lowest BCUT2D eigenvalue weighted by atomic mass is 9.76. The van der Waals surface area contributed by atoms with Crippen LogP contribution in [0.3, 0.4) is 0 Å². The lowest BCUT2D eigenvalue weighted by molar-refractivity contribution is 0.306. The number of anilines is 1. The van der Waals surface area contributed by atoms with Gasteiger partial charge in [0.2, 0.25) is 0 Å². The minimum absolute atomic E-state index is 0.298. The van der Waals surface area contributed by atoms with Gasteiger partial charge in [0.25, 0.3) is 0 Å². The Labute approximate surface area is 223 Å². The van der Waals surface area contributed by atoms with Crippen molar-refractivity contribution >= 4 is 29.2 Å². The van der Waals surface area contributed by atoms with Crippen molar-refractivity contribution < 1.29 is 4.74 Å². The smallest absolute Gasteiger partial charge is 0.119 e. The number of fused-ring (bicyclic) bond motifs is 3. The zero-order valence-electron chi connectivity index (χ0n) is 20.8. The third-order valence-electron chi connectivity index (χ3n) is 7.37. The van der Waals surface area contributed by atoms with E-state index in [1.54, 1.807) is 0 Å². The summed E-state index contributed by atoms with van der Waals surface area (Å²) < 4.78 is 5.88. The third-order valence-corrected chi connectivity index (χ3v) is 7.73. The summed E-state index contributed by atoms with van der Waals surface area (Å²) in [4.78, 5) is 4.69. The summed E-state index contributed by atoms with van der Waals surface area (Å²) >= 11 is 6.21. The van der Waals surface area contributed by atoms with Crippen LogP contribution in [0.25, 0.3) is 0 Å². The molecule has 0 unspecified atom stereocenters. The number of benzene rings is 4. The Morgan fingerprint density at radius 2 is 1.78 bits per heavy atom. The Balaban J connectivity index is 1.11. The van der Waals surface area contributed by atoms with Gasteiger partial charge in [0.15, 0.2) is 0 Å². The molecule has 0 aromatic heterocycles. The summed E-state index contributed by atoms with van der Waals surface area (Å²) in [7, 11) is 0. The van der Waals surface area contributed by atoms with Gasteiger partial charge in [0.1, 0.15) is 12.4 Å². The molecule has 0 bridgehead atoms. The first-order valence-corrected chi connectivity index (χ1v) is 13.2. The van der Waals surface area contributed by atoms with Gasteiger partial charge in [0.05, 0.1) is 11.7 Å². The van der Waals surface area contributed by atoms with Gasteiger partial charge in [-0.15, -0.1) is 0 Å². The standard InChI is InChI=1S/C33H29ClN2O/c1-22-9-18-32-30(19-22)28-6-4-7-29(28)33(36-32)24-12-14-26(15-13-24)35-20-23-10-16-27(17-11-23)37-21-25-5-2-3-8-31(25)34/h2-6,8-20,28-29,33,36H,7,21H2,1H3/t28-,29+,33-/m1/s1. The molecule has 0 radical (unpaired) electrons. The van der Waals surface area contributed by atoms with Crippen LogP contribution >= 0.6 is 11.6 Å². The van der Waals surface area contributed by atoms with Crippen LogP contribution in [0, 0.1) is 12.8 Å². The number of nitrogens with one attached hydrogen (secondary N) is 1. The molecular formula is C33H29ClN2O. The maximum absolute atomic E-state index is 6.21. The average molecular weight is 505 g/mol. The summed E-state index contributed by atoms with van der Waals surface area (Å²) in [5.41, 5.74) is 8.25. The van der Waals surface area contributed by atoms with Crippen molar-refractivity contribution in [3.05, 3.63) is 136 Å². The number of nitrogens with zero attached hydrogens (tertiary/aromatic N) is 1. The Morgan fingerprint density at radius 3 is 2.59 bits per heavy atom. The zero-order valence-corrected chi connectivity index (χ0v) is 21.5. The highest BCUT2D eigenvalue weighted by Gasteiger charge is 2.37. The van der Waals surface area contributed by atoms with Crippen LogP contribution in [0.2, 0.25) is 5.02 Å². The molecule has 2 aliphatic rings. The Kier molecular flexibility index (Phi) is 6.55. The van der Waals surface area contributed by atoms with E-state index in [0.29, 0.717) is 24.5 Å². The molecule has 3 nitrogen and oxygen atoms in total. The number of allylic oxidation sites excluding steroid dienone is 2. The maximum atomic E-state index is 6.21. The fourth-order valence-corrected chi connectivity index (χ4v) is 5.58. The molecule has 6 rings (SSSR count). The van der Waals surface area contributed by atoms with Crippen LogP contribution < -0.4 is 10.1 Å². The van der Waals surface area contributed by atoms with Gasteiger partial charge >= 0.3 is 0 Å². The largest absolute Gasteiger partial charge is 0.489 e. The van der Waals surface area contributed by atoms with E-state index in [2.05, 4.69) is 66.9 Å². The highest BCUT2D eigenvalue weighted by molar-refractivity contribution is 6.31. The van der Waals surface area contributed by atoms with E-state index in [9.17, 15) is 0 Å². The van der Waals surface area contributed by atoms with Crippen LogP contribution in [0.4, 0.5) is 11.4 Å². The zero-order chi connectivity index (χ0) is 25.2. The summed E-state index contributed by atoms with van der Waals surface area (Å²) in [5, 5.41) is 4.54. The van der Waals surface area contributed by atoms with E-state index in [1.165, 1.54) is 22.4 Å². The minimum atomic E-state index is 0.298. The molecule has 184 valence electrons. The summed E-state index contributed by atoms with van der Waals surface area (Å²) in [6.45, 7) is 2.61. The third kappa shape index (κ3) is 5.05. The number of aryl methyl sites for hydroxylation is 1. The Hall–Kier alpha value is -3.82. The van der Waals surface area contributed by atoms with E-state index in [1.807, 2.05) is 54.7 Å². The first-order valence-electron chi connectivity index (χ1n) is 12.8. The normalized spacial score (nSPS) is 19.9. The first-order chi connectivity index (χ1) is 18.1. The van der Waals surface area contributed by atoms with Crippen molar-refractivity contribution in [2.24, 2.45) is 10.9 Å². The van der Waals surface area contributed by atoms with Crippen molar-refractivity contribution in [1.29, 1.82) is 0 Å². The number of rotatable bonds is 6. The lowest BCUT2D eigenvalue weighted by Crippen LogP contribution is -2.29. The molecule has 0 amide bonds. The number of hydrogen-bond acceptors (Lipinski definition) is 3. The molecule has 1 N–H and O–H groups in total. The van der Waals surface area contributed by atoms with Crippen LogP contribution in [0.15, 0.2) is 108 Å². The first kappa shape index (κ1) is 23.6. The minimum Gasteiger partial charge on any atom is -0.489 e. The van der Waals surface area contributed by atoms with E-state index >= 15 is 0 Å². The lowest BCUT2D eigenvalue weighted by Gasteiger charge is -2.37. The highest BCUT2D eigenvalue weighted by Crippen LogP contribution is 2.50. The molecule has 0 saturated carbocycles. The fraction of sp³-hybridized carbons (Fsp3) is 0.182. The SMILES string of the molecule is Cc1ccc2c(c1)[C@@H]1C=CC[C@@H]1[C@@H](c1ccc(N=Cc3ccc(OCc4ccccc4Cl)cc3)cc1)N2. The average Bonchev–Trinajstić information content (AvgIpc) is 3.43. The van der Waals surface area contributed by atoms with Gasteiger partial charge in [-0.3, -0.25) is 4.99 Å². The number of hydrogen-bond donors (Lipinski definition) is 1. The van der Waals surface area contributed by atoms with Gasteiger partial charge in [-0.1, -0.05) is 71.8 Å². The second kappa shape index (κ2) is 10.3. The van der Waals surface area contributed by atoms with Crippen LogP contribution in [0.5, 0.6) is 5.75 Å². The van der Waals surface area contributed by atoms with Crippen molar-refractivity contribution in [2.75, 3.05) is 5.32 Å². The van der Waals surface area contributed by atoms with Crippen molar-refractivity contribution in [1.82, 2.24) is 0 Å². The van der Waals surface area contributed by atoms with Gasteiger partial charge in [-0.2, -0.15) is 0 Å². The van der Waals surface area contributed by atoms with E-state index < -0.39 is 0 Å². The molecule has 4 heteroatoms.